The first-order chi connectivity index (χ1) is 7.61. The third-order valence-corrected chi connectivity index (χ3v) is 3.88. The zero-order chi connectivity index (χ0) is 11.6. The van der Waals surface area contributed by atoms with Crippen LogP contribution < -0.4 is 5.32 Å². The lowest BCUT2D eigenvalue weighted by atomic mass is 9.98. The smallest absolute Gasteiger partial charge is 0.320 e. The second-order valence-electron chi connectivity index (χ2n) is 5.14. The molecule has 0 bridgehead atoms. The molecule has 1 heterocycles. The van der Waals surface area contributed by atoms with E-state index in [1.807, 2.05) is 0 Å². The maximum atomic E-state index is 10.7. The first-order valence-corrected chi connectivity index (χ1v) is 6.25. The highest BCUT2D eigenvalue weighted by molar-refractivity contribution is 5.72. The second-order valence-corrected chi connectivity index (χ2v) is 5.14. The van der Waals surface area contributed by atoms with Gasteiger partial charge in [0.15, 0.2) is 0 Å². The van der Waals surface area contributed by atoms with E-state index >= 15 is 0 Å². The van der Waals surface area contributed by atoms with E-state index in [-0.39, 0.29) is 11.7 Å². The van der Waals surface area contributed by atoms with Gasteiger partial charge in [-0.1, -0.05) is 12.8 Å². The molecule has 0 radical (unpaired) electrons. The largest absolute Gasteiger partial charge is 0.480 e. The molecule has 1 saturated carbocycles. The zero-order valence-corrected chi connectivity index (χ0v) is 9.87. The highest BCUT2D eigenvalue weighted by Gasteiger charge is 2.41. The number of aliphatic carboxylic acids is 1. The Morgan fingerprint density at radius 2 is 2.19 bits per heavy atom. The van der Waals surface area contributed by atoms with Crippen LogP contribution in [0.25, 0.3) is 0 Å². The van der Waals surface area contributed by atoms with E-state index in [0.29, 0.717) is 6.54 Å². The van der Waals surface area contributed by atoms with Gasteiger partial charge in [0.2, 0.25) is 0 Å². The van der Waals surface area contributed by atoms with E-state index in [4.69, 9.17) is 9.84 Å². The summed E-state index contributed by atoms with van der Waals surface area (Å²) < 4.78 is 6.08. The number of hydrogen-bond donors (Lipinski definition) is 2. The molecule has 1 aliphatic heterocycles. The Labute approximate surface area is 96.4 Å². The molecule has 1 spiro atoms. The van der Waals surface area contributed by atoms with E-state index in [2.05, 4.69) is 5.32 Å². The average Bonchev–Trinajstić information content (AvgIpc) is 2.86. The summed E-state index contributed by atoms with van der Waals surface area (Å²) in [6.07, 6.45) is 7.38. The van der Waals surface area contributed by atoms with E-state index in [1.165, 1.54) is 25.7 Å². The number of hydrogen-bond acceptors (Lipinski definition) is 3. The van der Waals surface area contributed by atoms with Gasteiger partial charge in [-0.15, -0.1) is 0 Å². The Morgan fingerprint density at radius 1 is 1.50 bits per heavy atom. The van der Waals surface area contributed by atoms with Crippen LogP contribution in [0.15, 0.2) is 0 Å². The minimum absolute atomic E-state index is 0.152. The van der Waals surface area contributed by atoms with Gasteiger partial charge < -0.3 is 15.2 Å². The lowest BCUT2D eigenvalue weighted by Gasteiger charge is -2.24. The van der Waals surface area contributed by atoms with Crippen LogP contribution in [-0.2, 0) is 9.53 Å². The van der Waals surface area contributed by atoms with Crippen LogP contribution in [0, 0.1) is 0 Å². The molecule has 0 aromatic heterocycles. The summed E-state index contributed by atoms with van der Waals surface area (Å²) in [5.74, 6) is -0.798. The predicted octanol–water partition coefficient (Wildman–Crippen LogP) is 1.54. The van der Waals surface area contributed by atoms with Crippen molar-refractivity contribution >= 4 is 5.97 Å². The maximum Gasteiger partial charge on any atom is 0.320 e. The van der Waals surface area contributed by atoms with Gasteiger partial charge in [-0.3, -0.25) is 4.79 Å². The number of rotatable bonds is 4. The Morgan fingerprint density at radius 3 is 2.81 bits per heavy atom. The lowest BCUT2D eigenvalue weighted by Crippen LogP contribution is -2.39. The van der Waals surface area contributed by atoms with Crippen LogP contribution in [0.5, 0.6) is 0 Å². The molecular formula is C12H21NO3. The fourth-order valence-electron chi connectivity index (χ4n) is 2.82. The molecular weight excluding hydrogens is 206 g/mol. The van der Waals surface area contributed by atoms with Crippen LogP contribution in [0.3, 0.4) is 0 Å². The van der Waals surface area contributed by atoms with Crippen molar-refractivity contribution in [3.8, 4) is 0 Å². The summed E-state index contributed by atoms with van der Waals surface area (Å²) in [6, 6.07) is -0.483. The molecule has 2 aliphatic rings. The van der Waals surface area contributed by atoms with Crippen LogP contribution in [0.1, 0.15) is 45.4 Å². The Hall–Kier alpha value is -0.610. The average molecular weight is 227 g/mol. The molecule has 92 valence electrons. The van der Waals surface area contributed by atoms with Crippen molar-refractivity contribution in [3.05, 3.63) is 0 Å². The third kappa shape index (κ3) is 2.55. The van der Waals surface area contributed by atoms with E-state index in [1.54, 1.807) is 6.92 Å². The van der Waals surface area contributed by atoms with Crippen molar-refractivity contribution in [3.63, 3.8) is 0 Å². The van der Waals surface area contributed by atoms with Crippen LogP contribution in [0.4, 0.5) is 0 Å². The molecule has 0 amide bonds. The van der Waals surface area contributed by atoms with Gasteiger partial charge in [-0.05, 0) is 32.6 Å². The number of carboxylic acid groups (broad SMARTS) is 1. The molecule has 0 aromatic rings. The zero-order valence-electron chi connectivity index (χ0n) is 9.87. The third-order valence-electron chi connectivity index (χ3n) is 3.88. The van der Waals surface area contributed by atoms with Crippen molar-refractivity contribution in [1.82, 2.24) is 5.32 Å². The summed E-state index contributed by atoms with van der Waals surface area (Å²) in [5, 5.41) is 11.8. The van der Waals surface area contributed by atoms with Gasteiger partial charge in [-0.25, -0.2) is 0 Å². The van der Waals surface area contributed by atoms with E-state index in [9.17, 15) is 4.79 Å². The van der Waals surface area contributed by atoms with Crippen molar-refractivity contribution < 1.29 is 14.6 Å². The molecule has 1 saturated heterocycles. The Kier molecular flexibility index (Phi) is 3.50. The molecule has 2 fully saturated rings. The van der Waals surface area contributed by atoms with Gasteiger partial charge in [0, 0.05) is 6.54 Å². The topological polar surface area (TPSA) is 58.6 Å². The molecule has 4 heteroatoms. The molecule has 16 heavy (non-hydrogen) atoms. The Balaban J connectivity index is 1.74. The maximum absolute atomic E-state index is 10.7. The SMILES string of the molecule is CC(NCC1CCC2(CCCC2)O1)C(=O)O. The van der Waals surface area contributed by atoms with Gasteiger partial charge in [-0.2, -0.15) is 0 Å². The second kappa shape index (κ2) is 4.72. The summed E-state index contributed by atoms with van der Waals surface area (Å²) in [5.41, 5.74) is 0.152. The van der Waals surface area contributed by atoms with Crippen LogP contribution >= 0.6 is 0 Å². The summed E-state index contributed by atoms with van der Waals surface area (Å²) in [6.45, 7) is 2.33. The quantitative estimate of drug-likeness (QED) is 0.765. The van der Waals surface area contributed by atoms with E-state index in [0.717, 1.165) is 12.8 Å². The number of nitrogens with one attached hydrogen (secondary N) is 1. The van der Waals surface area contributed by atoms with Gasteiger partial charge in [0.1, 0.15) is 6.04 Å². The molecule has 0 aromatic carbocycles. The number of ether oxygens (including phenoxy) is 1. The fraction of sp³-hybridized carbons (Fsp3) is 0.917. The van der Waals surface area contributed by atoms with Gasteiger partial charge in [0.25, 0.3) is 0 Å². The number of carbonyl (C=O) groups is 1. The molecule has 2 rings (SSSR count). The number of carboxylic acids is 1. The van der Waals surface area contributed by atoms with Gasteiger partial charge >= 0.3 is 5.97 Å². The summed E-state index contributed by atoms with van der Waals surface area (Å²) in [7, 11) is 0. The minimum atomic E-state index is -0.798. The van der Waals surface area contributed by atoms with E-state index < -0.39 is 12.0 Å². The van der Waals surface area contributed by atoms with Crippen molar-refractivity contribution in [2.45, 2.75) is 63.2 Å². The summed E-state index contributed by atoms with van der Waals surface area (Å²) in [4.78, 5) is 10.7. The van der Waals surface area contributed by atoms with Crippen molar-refractivity contribution in [2.24, 2.45) is 0 Å². The highest BCUT2D eigenvalue weighted by atomic mass is 16.5. The van der Waals surface area contributed by atoms with Gasteiger partial charge in [0.05, 0.1) is 11.7 Å². The monoisotopic (exact) mass is 227 g/mol. The predicted molar refractivity (Wildman–Crippen MR) is 60.4 cm³/mol. The van der Waals surface area contributed by atoms with Crippen molar-refractivity contribution in [2.75, 3.05) is 6.54 Å². The fourth-order valence-corrected chi connectivity index (χ4v) is 2.82. The molecule has 4 nitrogen and oxygen atoms in total. The molecule has 1 aliphatic carbocycles. The summed E-state index contributed by atoms with van der Waals surface area (Å²) >= 11 is 0. The van der Waals surface area contributed by atoms with Crippen molar-refractivity contribution in [1.29, 1.82) is 0 Å². The van der Waals surface area contributed by atoms with Crippen LogP contribution in [0.2, 0.25) is 0 Å². The standard InChI is InChI=1S/C12H21NO3/c1-9(11(14)15)13-8-10-4-7-12(16-10)5-2-3-6-12/h9-10,13H,2-8H2,1H3,(H,14,15). The lowest BCUT2D eigenvalue weighted by molar-refractivity contribution is -0.139. The molecule has 2 N–H and O–H groups in total. The highest BCUT2D eigenvalue weighted by Crippen LogP contribution is 2.43. The minimum Gasteiger partial charge on any atom is -0.480 e. The Bertz CT molecular complexity index is 261. The molecule has 2 atom stereocenters. The first-order valence-electron chi connectivity index (χ1n) is 6.25. The van der Waals surface area contributed by atoms with Crippen LogP contribution in [-0.4, -0.2) is 35.4 Å². The first kappa shape index (κ1) is 11.9. The normalized spacial score (nSPS) is 29.7. The molecule has 2 unspecified atom stereocenters.